The highest BCUT2D eigenvalue weighted by Gasteiger charge is 2.41. The zero-order valence-electron chi connectivity index (χ0n) is 22.2. The molecule has 2 aromatic carbocycles. The van der Waals surface area contributed by atoms with Crippen molar-refractivity contribution in [3.05, 3.63) is 78.0 Å². The fraction of sp³-hybridized carbons (Fsp3) is 0.310. The molecule has 2 aliphatic rings. The lowest BCUT2D eigenvalue weighted by atomic mass is 10.2. The zero-order valence-corrected chi connectivity index (χ0v) is 22.2. The molecule has 2 atom stereocenters. The minimum Gasteiger partial charge on any atom is -0.366 e. The molecule has 5 aromatic rings. The fourth-order valence-corrected chi connectivity index (χ4v) is 6.11. The summed E-state index contributed by atoms with van der Waals surface area (Å²) in [6, 6.07) is 15.7. The number of nitrogens with one attached hydrogen (secondary N) is 1. The number of nitrogens with zero attached hydrogens (tertiary/aromatic N) is 8. The lowest BCUT2D eigenvalue weighted by Gasteiger charge is -2.33. The molecule has 2 saturated heterocycles. The predicted octanol–water partition coefficient (Wildman–Crippen LogP) is 3.77. The normalized spacial score (nSPS) is 19.0. The van der Waals surface area contributed by atoms with Crippen molar-refractivity contribution in [2.24, 2.45) is 0 Å². The van der Waals surface area contributed by atoms with E-state index in [1.165, 1.54) is 12.1 Å². The van der Waals surface area contributed by atoms with E-state index in [-0.39, 0.29) is 5.56 Å². The van der Waals surface area contributed by atoms with E-state index in [4.69, 9.17) is 4.98 Å². The highest BCUT2D eigenvalue weighted by atomic mass is 16.1. The number of allylic oxidation sites excluding steroid dienone is 1. The smallest absolute Gasteiger partial charge is 0.278 e. The summed E-state index contributed by atoms with van der Waals surface area (Å²) in [4.78, 5) is 32.1. The molecule has 10 nitrogen and oxygen atoms in total. The molecule has 5 heterocycles. The van der Waals surface area contributed by atoms with Crippen LogP contribution in [-0.2, 0) is 13.1 Å². The number of imidazole rings is 1. The van der Waals surface area contributed by atoms with Crippen LogP contribution in [-0.4, -0.2) is 66.0 Å². The number of piperazine rings is 1. The molecule has 0 spiro atoms. The second kappa shape index (κ2) is 9.09. The van der Waals surface area contributed by atoms with Crippen molar-refractivity contribution in [1.29, 1.82) is 0 Å². The van der Waals surface area contributed by atoms with Gasteiger partial charge in [-0.25, -0.2) is 19.3 Å². The van der Waals surface area contributed by atoms with E-state index in [2.05, 4.69) is 74.5 Å². The number of anilines is 3. The Labute approximate surface area is 225 Å². The van der Waals surface area contributed by atoms with Crippen LogP contribution in [0.1, 0.15) is 13.3 Å². The van der Waals surface area contributed by atoms with Gasteiger partial charge in [0.2, 0.25) is 5.95 Å². The third-order valence-electron chi connectivity index (χ3n) is 8.14. The van der Waals surface area contributed by atoms with Gasteiger partial charge in [-0.05, 0) is 62.9 Å². The molecule has 2 bridgehead atoms. The Morgan fingerprint density at radius 1 is 1.08 bits per heavy atom. The molecular weight excluding hydrogens is 490 g/mol. The average Bonchev–Trinajstić information content (AvgIpc) is 3.71. The summed E-state index contributed by atoms with van der Waals surface area (Å²) in [6.07, 6.45) is 6.39. The highest BCUT2D eigenvalue weighted by molar-refractivity contribution is 5.81. The third kappa shape index (κ3) is 3.82. The molecule has 0 unspecified atom stereocenters. The van der Waals surface area contributed by atoms with Gasteiger partial charge in [-0.2, -0.15) is 4.98 Å². The van der Waals surface area contributed by atoms with Crippen molar-refractivity contribution in [1.82, 2.24) is 33.8 Å². The first kappa shape index (κ1) is 23.7. The summed E-state index contributed by atoms with van der Waals surface area (Å²) in [7, 11) is 2.22. The fourth-order valence-electron chi connectivity index (χ4n) is 6.11. The minimum absolute atomic E-state index is 0.157. The second-order valence-corrected chi connectivity index (χ2v) is 10.4. The van der Waals surface area contributed by atoms with Crippen molar-refractivity contribution in [2.75, 3.05) is 30.4 Å². The van der Waals surface area contributed by atoms with Crippen LogP contribution in [0.5, 0.6) is 0 Å². The maximum Gasteiger partial charge on any atom is 0.278 e. The maximum absolute atomic E-state index is 13.3. The van der Waals surface area contributed by atoms with Gasteiger partial charge in [-0.1, -0.05) is 6.08 Å². The van der Waals surface area contributed by atoms with Gasteiger partial charge in [0.15, 0.2) is 5.65 Å². The molecule has 2 aliphatic heterocycles. The van der Waals surface area contributed by atoms with E-state index in [9.17, 15) is 4.79 Å². The van der Waals surface area contributed by atoms with Crippen LogP contribution >= 0.6 is 0 Å². The van der Waals surface area contributed by atoms with Crippen molar-refractivity contribution >= 4 is 39.4 Å². The number of benzene rings is 2. The molecule has 0 amide bonds. The van der Waals surface area contributed by atoms with E-state index < -0.39 is 0 Å². The van der Waals surface area contributed by atoms with Crippen LogP contribution in [0.4, 0.5) is 17.3 Å². The first-order chi connectivity index (χ1) is 19.0. The van der Waals surface area contributed by atoms with E-state index in [0.29, 0.717) is 35.6 Å². The van der Waals surface area contributed by atoms with Crippen LogP contribution in [0.15, 0.2) is 72.4 Å². The number of aromatic nitrogens is 6. The van der Waals surface area contributed by atoms with Gasteiger partial charge in [0.1, 0.15) is 5.39 Å². The molecule has 0 radical (unpaired) electrons. The van der Waals surface area contributed by atoms with Crippen molar-refractivity contribution in [3.63, 3.8) is 0 Å². The van der Waals surface area contributed by atoms with Gasteiger partial charge in [-0.15, -0.1) is 6.58 Å². The number of aryl methyl sites for hydroxylation is 1. The van der Waals surface area contributed by atoms with E-state index in [0.717, 1.165) is 42.0 Å². The Bertz CT molecular complexity index is 1760. The molecule has 39 heavy (non-hydrogen) atoms. The number of likely N-dealkylation sites (N-methyl/N-ethyl adjacent to an activating group) is 1. The average molecular weight is 522 g/mol. The Balaban J connectivity index is 1.24. The van der Waals surface area contributed by atoms with Crippen LogP contribution in [0.25, 0.3) is 27.8 Å². The molecular formula is C29H31N9O. The molecule has 10 heteroatoms. The molecule has 0 aliphatic carbocycles. The standard InChI is InChI=1S/C29H31N9O/c1-4-12-37-28(39)24-15-30-29(32-19-6-8-20(9-7-19)36-17-22-13-23(36)16-34(22)3)33-27(24)38(37)21-10-11-25-26(14-21)35(5-2)18-31-25/h4,6-11,14-15,18,22-23H,1,5,12-13,16-17H2,2-3H3,(H,30,32,33)/t22-,23-/m0/s1. The summed E-state index contributed by atoms with van der Waals surface area (Å²) in [5, 5.41) is 3.78. The molecule has 198 valence electrons. The number of rotatable bonds is 7. The minimum atomic E-state index is -0.157. The number of hydrogen-bond acceptors (Lipinski definition) is 7. The van der Waals surface area contributed by atoms with Gasteiger partial charge in [0.05, 0.1) is 29.6 Å². The van der Waals surface area contributed by atoms with E-state index in [1.54, 1.807) is 17.0 Å². The van der Waals surface area contributed by atoms with Gasteiger partial charge < -0.3 is 14.8 Å². The summed E-state index contributed by atoms with van der Waals surface area (Å²) in [6.45, 7) is 9.29. The van der Waals surface area contributed by atoms with Crippen LogP contribution in [0, 0.1) is 0 Å². The maximum atomic E-state index is 13.3. The predicted molar refractivity (Wildman–Crippen MR) is 154 cm³/mol. The quantitative estimate of drug-likeness (QED) is 0.326. The van der Waals surface area contributed by atoms with Crippen LogP contribution < -0.4 is 15.8 Å². The Kier molecular flexibility index (Phi) is 5.52. The number of likely N-dealkylation sites (tertiary alicyclic amines) is 1. The van der Waals surface area contributed by atoms with E-state index >= 15 is 0 Å². The summed E-state index contributed by atoms with van der Waals surface area (Å²) < 4.78 is 5.57. The van der Waals surface area contributed by atoms with Gasteiger partial charge >= 0.3 is 0 Å². The van der Waals surface area contributed by atoms with Crippen molar-refractivity contribution in [2.45, 2.75) is 38.5 Å². The molecule has 2 fully saturated rings. The lowest BCUT2D eigenvalue weighted by Crippen LogP contribution is -2.44. The van der Waals surface area contributed by atoms with Crippen molar-refractivity contribution < 1.29 is 0 Å². The summed E-state index contributed by atoms with van der Waals surface area (Å²) in [5.74, 6) is 0.432. The van der Waals surface area contributed by atoms with Crippen molar-refractivity contribution in [3.8, 4) is 5.69 Å². The lowest BCUT2D eigenvalue weighted by molar-refractivity contribution is 0.292. The SMILES string of the molecule is C=CCn1c(=O)c2cnc(Nc3ccc(N4C[C@@H]5C[C@H]4CN5C)cc3)nc2n1-c1ccc2ncn(CC)c2c1. The zero-order chi connectivity index (χ0) is 26.7. The first-order valence-corrected chi connectivity index (χ1v) is 13.4. The van der Waals surface area contributed by atoms with Crippen LogP contribution in [0.3, 0.4) is 0 Å². The Morgan fingerprint density at radius 2 is 1.90 bits per heavy atom. The monoisotopic (exact) mass is 521 g/mol. The Hall–Kier alpha value is -4.44. The Morgan fingerprint density at radius 3 is 2.62 bits per heavy atom. The first-order valence-electron chi connectivity index (χ1n) is 13.4. The number of fused-ring (bicyclic) bond motifs is 4. The summed E-state index contributed by atoms with van der Waals surface area (Å²) >= 11 is 0. The molecule has 7 rings (SSSR count). The van der Waals surface area contributed by atoms with Gasteiger partial charge in [-0.3, -0.25) is 9.69 Å². The molecule has 3 aromatic heterocycles. The molecule has 1 N–H and O–H groups in total. The number of hydrogen-bond donors (Lipinski definition) is 1. The third-order valence-corrected chi connectivity index (χ3v) is 8.14. The van der Waals surface area contributed by atoms with E-state index in [1.807, 2.05) is 29.2 Å². The highest BCUT2D eigenvalue weighted by Crippen LogP contribution is 2.34. The van der Waals surface area contributed by atoms with Gasteiger partial charge in [0, 0.05) is 49.3 Å². The second-order valence-electron chi connectivity index (χ2n) is 10.4. The topological polar surface area (TPSA) is 89.0 Å². The summed E-state index contributed by atoms with van der Waals surface area (Å²) in [5.41, 5.74) is 5.25. The van der Waals surface area contributed by atoms with Crippen LogP contribution in [0.2, 0.25) is 0 Å². The largest absolute Gasteiger partial charge is 0.366 e. The van der Waals surface area contributed by atoms with Gasteiger partial charge in [0.25, 0.3) is 5.56 Å². The molecule has 0 saturated carbocycles.